The van der Waals surface area contributed by atoms with Crippen molar-refractivity contribution >= 4 is 46.8 Å². The summed E-state index contributed by atoms with van der Waals surface area (Å²) in [5, 5.41) is 4.94. The number of morpholine rings is 1. The molecule has 14 heteroatoms. The summed E-state index contributed by atoms with van der Waals surface area (Å²) in [5.41, 5.74) is 2.54. The van der Waals surface area contributed by atoms with E-state index in [1.165, 1.54) is 16.0 Å². The average Bonchev–Trinajstić information content (AvgIpc) is 3.10. The predicted octanol–water partition coefficient (Wildman–Crippen LogP) is 3.36. The number of fused-ring (bicyclic) bond motifs is 4. The molecule has 2 aromatic rings. The van der Waals surface area contributed by atoms with E-state index in [1.807, 2.05) is 37.3 Å². The van der Waals surface area contributed by atoms with E-state index in [0.29, 0.717) is 36.2 Å². The van der Waals surface area contributed by atoms with Crippen molar-refractivity contribution in [2.24, 2.45) is 5.92 Å². The van der Waals surface area contributed by atoms with Crippen molar-refractivity contribution in [3.63, 3.8) is 0 Å². The quantitative estimate of drug-likeness (QED) is 0.421. The number of likely N-dealkylation sites (N-methyl/N-ethyl adjacent to an activating group) is 1. The molecule has 2 saturated heterocycles. The van der Waals surface area contributed by atoms with Gasteiger partial charge in [0.05, 0.1) is 30.4 Å². The van der Waals surface area contributed by atoms with E-state index in [-0.39, 0.29) is 31.6 Å². The van der Waals surface area contributed by atoms with Crippen LogP contribution in [0, 0.1) is 5.92 Å². The van der Waals surface area contributed by atoms with E-state index in [0.717, 1.165) is 5.39 Å². The summed E-state index contributed by atoms with van der Waals surface area (Å²) in [7, 11) is 1.71. The van der Waals surface area contributed by atoms with Crippen LogP contribution in [0.25, 0.3) is 17.0 Å². The maximum Gasteiger partial charge on any atom is 0.410 e. The summed E-state index contributed by atoms with van der Waals surface area (Å²) in [6.07, 6.45) is 2.43. The first-order valence-electron chi connectivity index (χ1n) is 17.6. The summed E-state index contributed by atoms with van der Waals surface area (Å²) in [5.74, 6) is -2.66. The van der Waals surface area contributed by atoms with Crippen molar-refractivity contribution in [3.05, 3.63) is 47.7 Å². The lowest BCUT2D eigenvalue weighted by Crippen LogP contribution is -2.62. The van der Waals surface area contributed by atoms with Crippen LogP contribution >= 0.6 is 0 Å². The Balaban J connectivity index is 1.57. The van der Waals surface area contributed by atoms with Gasteiger partial charge in [-0.05, 0) is 77.2 Å². The molecular formula is C37H50N6O8. The SMILES string of the molecule is CC(C)[C@@H]1OC(=O)C2(/C=C/c3ccc4ccc(nc4c3)[C@@H](C)N(C)C(=O)[C@@H]3CCCN(N3)C(=O)[C@H](C)NC1=O)CN(C(=O)OC(C)(C)C)CCO2. The zero-order valence-electron chi connectivity index (χ0n) is 30.7. The molecule has 14 nitrogen and oxygen atoms in total. The number of nitrogens with one attached hydrogen (secondary N) is 2. The topological polar surface area (TPSA) is 160 Å². The minimum atomic E-state index is -1.79. The van der Waals surface area contributed by atoms with Gasteiger partial charge in [-0.3, -0.25) is 24.4 Å². The van der Waals surface area contributed by atoms with Crippen LogP contribution in [0.1, 0.15) is 78.6 Å². The zero-order valence-corrected chi connectivity index (χ0v) is 30.7. The van der Waals surface area contributed by atoms with Gasteiger partial charge in [0.1, 0.15) is 17.7 Å². The van der Waals surface area contributed by atoms with Crippen LogP contribution in [-0.4, -0.2) is 112 Å². The number of cyclic esters (lactones) is 1. The Kier molecular flexibility index (Phi) is 11.1. The summed E-state index contributed by atoms with van der Waals surface area (Å²) < 4.78 is 17.7. The highest BCUT2D eigenvalue weighted by Gasteiger charge is 2.47. The largest absolute Gasteiger partial charge is 0.450 e. The fraction of sp³-hybridized carbons (Fsp3) is 0.568. The van der Waals surface area contributed by atoms with Crippen molar-refractivity contribution in [1.82, 2.24) is 30.5 Å². The number of hydrazine groups is 1. The number of aromatic nitrogens is 1. The monoisotopic (exact) mass is 706 g/mol. The number of carbonyl (C=O) groups excluding carboxylic acids is 5. The molecule has 1 aromatic carbocycles. The van der Waals surface area contributed by atoms with Crippen molar-refractivity contribution in [3.8, 4) is 0 Å². The first-order valence-corrected chi connectivity index (χ1v) is 17.6. The van der Waals surface area contributed by atoms with Crippen LogP contribution in [0.2, 0.25) is 0 Å². The predicted molar refractivity (Wildman–Crippen MR) is 189 cm³/mol. The van der Waals surface area contributed by atoms with Crippen LogP contribution < -0.4 is 10.7 Å². The average molecular weight is 707 g/mol. The molecule has 276 valence electrons. The number of carbonyl (C=O) groups is 5. The molecule has 0 aliphatic carbocycles. The lowest BCUT2D eigenvalue weighted by Gasteiger charge is -2.40. The van der Waals surface area contributed by atoms with Crippen LogP contribution in [-0.2, 0) is 33.4 Å². The van der Waals surface area contributed by atoms with Gasteiger partial charge in [-0.1, -0.05) is 38.1 Å². The molecule has 4 amide bonds. The van der Waals surface area contributed by atoms with Gasteiger partial charge in [-0.15, -0.1) is 0 Å². The van der Waals surface area contributed by atoms with Gasteiger partial charge in [-0.25, -0.2) is 15.0 Å². The van der Waals surface area contributed by atoms with Gasteiger partial charge in [0, 0.05) is 25.5 Å². The van der Waals surface area contributed by atoms with E-state index in [2.05, 4.69) is 10.7 Å². The first-order chi connectivity index (χ1) is 24.0. The fourth-order valence-electron chi connectivity index (χ4n) is 6.29. The molecule has 5 bridgehead atoms. The molecule has 1 unspecified atom stereocenters. The van der Waals surface area contributed by atoms with Crippen molar-refractivity contribution in [1.29, 1.82) is 0 Å². The number of esters is 1. The van der Waals surface area contributed by atoms with E-state index < -0.39 is 59.2 Å². The standard InChI is InChI=1S/C37H50N6O8/c1-22(2)30-31(44)38-23(3)32(45)43-17-9-10-28(40-43)33(46)41(8)24(4)27-14-13-26-12-11-25(20-29(26)39-27)15-16-37(34(47)50-30)21-42(18-19-49-37)35(48)51-36(5,6)7/h11-16,20,22-24,28,30,40H,9-10,17-19,21H2,1-8H3,(H,38,44)/b16-15+/t23-,24+,28-,30-,37?/m0/s1. The third-order valence-corrected chi connectivity index (χ3v) is 9.36. The lowest BCUT2D eigenvalue weighted by molar-refractivity contribution is -0.183. The van der Waals surface area contributed by atoms with Crippen LogP contribution in [0.4, 0.5) is 4.79 Å². The third kappa shape index (κ3) is 8.50. The number of pyridine rings is 1. The molecule has 1 aromatic heterocycles. The maximum atomic E-state index is 14.2. The molecule has 51 heavy (non-hydrogen) atoms. The van der Waals surface area contributed by atoms with Crippen molar-refractivity contribution in [2.45, 2.75) is 96.7 Å². The number of hydrogen-bond donors (Lipinski definition) is 2. The van der Waals surface area contributed by atoms with Crippen LogP contribution in [0.15, 0.2) is 36.4 Å². The van der Waals surface area contributed by atoms with Crippen molar-refractivity contribution in [2.75, 3.05) is 33.3 Å². The second-order valence-corrected chi connectivity index (χ2v) is 14.9. The van der Waals surface area contributed by atoms with E-state index >= 15 is 0 Å². The molecule has 5 atom stereocenters. The van der Waals surface area contributed by atoms with E-state index in [9.17, 15) is 24.0 Å². The highest BCUT2D eigenvalue weighted by atomic mass is 16.6. The van der Waals surface area contributed by atoms with Crippen molar-refractivity contribution < 1.29 is 38.2 Å². The molecule has 5 rings (SSSR count). The minimum absolute atomic E-state index is 0.000643. The first kappa shape index (κ1) is 37.7. The second kappa shape index (κ2) is 15.0. The molecular weight excluding hydrogens is 656 g/mol. The summed E-state index contributed by atoms with van der Waals surface area (Å²) in [6, 6.07) is 7.40. The summed E-state index contributed by atoms with van der Waals surface area (Å²) in [6.45, 7) is 12.4. The zero-order chi connectivity index (χ0) is 37.2. The molecule has 2 fully saturated rings. The number of hydrogen-bond acceptors (Lipinski definition) is 10. The molecule has 1 spiro atoms. The lowest BCUT2D eigenvalue weighted by atomic mass is 9.98. The van der Waals surface area contributed by atoms with Crippen LogP contribution in [0.5, 0.6) is 0 Å². The number of amides is 4. The van der Waals surface area contributed by atoms with E-state index in [1.54, 1.807) is 59.6 Å². The Labute approximate surface area is 298 Å². The summed E-state index contributed by atoms with van der Waals surface area (Å²) in [4.78, 5) is 76.2. The molecule has 2 N–H and O–H groups in total. The molecule has 3 aliphatic rings. The Morgan fingerprint density at radius 2 is 1.78 bits per heavy atom. The number of nitrogens with zero attached hydrogens (tertiary/aromatic N) is 4. The van der Waals surface area contributed by atoms with Gasteiger partial charge in [0.25, 0.3) is 11.8 Å². The minimum Gasteiger partial charge on any atom is -0.450 e. The highest BCUT2D eigenvalue weighted by Crippen LogP contribution is 2.28. The fourth-order valence-corrected chi connectivity index (χ4v) is 6.29. The van der Waals surface area contributed by atoms with Crippen LogP contribution in [0.3, 0.4) is 0 Å². The Morgan fingerprint density at radius 3 is 2.49 bits per heavy atom. The van der Waals surface area contributed by atoms with Gasteiger partial charge in [-0.2, -0.15) is 0 Å². The summed E-state index contributed by atoms with van der Waals surface area (Å²) >= 11 is 0. The molecule has 0 radical (unpaired) electrons. The Hall–Kier alpha value is -4.56. The highest BCUT2D eigenvalue weighted by molar-refractivity contribution is 5.93. The third-order valence-electron chi connectivity index (χ3n) is 9.36. The smallest absolute Gasteiger partial charge is 0.410 e. The number of rotatable bonds is 1. The normalized spacial score (nSPS) is 27.8. The molecule has 4 heterocycles. The molecule has 3 aliphatic heterocycles. The molecule has 0 saturated carbocycles. The second-order valence-electron chi connectivity index (χ2n) is 14.9. The van der Waals surface area contributed by atoms with Gasteiger partial charge >= 0.3 is 12.1 Å². The Bertz CT molecular complexity index is 1710. The maximum absolute atomic E-state index is 14.2. The van der Waals surface area contributed by atoms with Gasteiger partial charge in [0.2, 0.25) is 11.5 Å². The van der Waals surface area contributed by atoms with E-state index in [4.69, 9.17) is 19.2 Å². The van der Waals surface area contributed by atoms with Gasteiger partial charge in [0.15, 0.2) is 6.10 Å². The van der Waals surface area contributed by atoms with Gasteiger partial charge < -0.3 is 29.3 Å². The number of benzene rings is 1. The Morgan fingerprint density at radius 1 is 1.06 bits per heavy atom. The number of ether oxygens (including phenoxy) is 3.